The number of hydrogen-bond donors (Lipinski definition) is 0. The molecule has 0 aromatic heterocycles. The molecule has 0 aromatic carbocycles. The fourth-order valence-electron chi connectivity index (χ4n) is 0.661. The van der Waals surface area contributed by atoms with Gasteiger partial charge in [0.15, 0.2) is 0 Å². The molecular weight excluding hydrogens is 211 g/mol. The van der Waals surface area contributed by atoms with E-state index < -0.39 is 13.3 Å². The third kappa shape index (κ3) is 16.1. The third-order valence-electron chi connectivity index (χ3n) is 1.25. The summed E-state index contributed by atoms with van der Waals surface area (Å²) in [5.41, 5.74) is 0. The van der Waals surface area contributed by atoms with Crippen molar-refractivity contribution in [2.45, 2.75) is 12.7 Å². The summed E-state index contributed by atoms with van der Waals surface area (Å²) in [6.45, 7) is -3.69. The molecule has 0 radical (unpaired) electrons. The topological polar surface area (TPSA) is 18.5 Å². The van der Waals surface area contributed by atoms with E-state index in [1.165, 1.54) is 7.11 Å². The van der Waals surface area contributed by atoms with Gasteiger partial charge in [-0.1, -0.05) is 12.7 Å². The maximum atomic E-state index is 11.6. The number of halogens is 3. The number of methoxy groups -OCH3 is 1. The van der Waals surface area contributed by atoms with Crippen LogP contribution in [0.1, 0.15) is 6.42 Å². The first-order valence-electron chi connectivity index (χ1n) is 3.84. The first kappa shape index (κ1) is 16.8. The molecule has 2 nitrogen and oxygen atoms in total. The maximum Gasteiger partial charge on any atom is 1.00 e. The molecule has 74 valence electrons. The van der Waals surface area contributed by atoms with Gasteiger partial charge in [-0.05, 0) is 0 Å². The number of hydrogen-bond acceptors (Lipinski definition) is 2. The summed E-state index contributed by atoms with van der Waals surface area (Å²) in [6.07, 6.45) is -0.666. The zero-order valence-corrected chi connectivity index (χ0v) is 11.2. The van der Waals surface area contributed by atoms with Crippen LogP contribution in [0.3, 0.4) is 0 Å². The SMILES string of the molecule is COCCOCCC[B-](F)(F)F.[K+]. The Labute approximate surface area is 119 Å². The Morgan fingerprint density at radius 1 is 1.08 bits per heavy atom. The second-order valence-electron chi connectivity index (χ2n) is 2.46. The van der Waals surface area contributed by atoms with Gasteiger partial charge in [-0.25, -0.2) is 0 Å². The van der Waals surface area contributed by atoms with Crippen molar-refractivity contribution in [1.29, 1.82) is 0 Å². The molecule has 7 heteroatoms. The van der Waals surface area contributed by atoms with Crippen molar-refractivity contribution in [2.75, 3.05) is 26.9 Å². The third-order valence-corrected chi connectivity index (χ3v) is 1.25. The molecular formula is C6H13BF3KO2. The first-order valence-corrected chi connectivity index (χ1v) is 3.84. The summed E-state index contributed by atoms with van der Waals surface area (Å²) < 4.78 is 44.3. The van der Waals surface area contributed by atoms with Crippen molar-refractivity contribution >= 4 is 6.98 Å². The average molecular weight is 224 g/mol. The zero-order chi connectivity index (χ0) is 9.45. The Morgan fingerprint density at radius 3 is 2.15 bits per heavy atom. The average Bonchev–Trinajstić information content (AvgIpc) is 1.94. The Bertz CT molecular complexity index is 113. The Kier molecular flexibility index (Phi) is 12.9. The second-order valence-corrected chi connectivity index (χ2v) is 2.46. The molecule has 0 unspecified atom stereocenters. The van der Waals surface area contributed by atoms with Crippen molar-refractivity contribution in [2.24, 2.45) is 0 Å². The van der Waals surface area contributed by atoms with E-state index in [1.807, 2.05) is 0 Å². The zero-order valence-electron chi connectivity index (χ0n) is 8.06. The van der Waals surface area contributed by atoms with Crippen molar-refractivity contribution in [3.05, 3.63) is 0 Å². The molecule has 0 spiro atoms. The molecule has 0 saturated heterocycles. The molecule has 0 N–H and O–H groups in total. The molecule has 0 atom stereocenters. The van der Waals surface area contributed by atoms with Crippen LogP contribution in [0.2, 0.25) is 6.32 Å². The molecule has 0 aliphatic rings. The van der Waals surface area contributed by atoms with Crippen LogP contribution in [-0.4, -0.2) is 33.9 Å². The largest absolute Gasteiger partial charge is 1.00 e. The first-order chi connectivity index (χ1) is 5.56. The molecule has 0 aliphatic heterocycles. The second kappa shape index (κ2) is 9.95. The van der Waals surface area contributed by atoms with Crippen LogP contribution in [0, 0.1) is 0 Å². The van der Waals surface area contributed by atoms with Crippen LogP contribution >= 0.6 is 0 Å². The van der Waals surface area contributed by atoms with Crippen LogP contribution in [0.25, 0.3) is 0 Å². The van der Waals surface area contributed by atoms with Crippen LogP contribution in [0.4, 0.5) is 12.9 Å². The minimum atomic E-state index is -4.64. The smallest absolute Gasteiger partial charge is 0.449 e. The fourth-order valence-corrected chi connectivity index (χ4v) is 0.661. The normalized spacial score (nSPS) is 11.1. The van der Waals surface area contributed by atoms with Crippen molar-refractivity contribution in [1.82, 2.24) is 0 Å². The van der Waals surface area contributed by atoms with E-state index in [1.54, 1.807) is 0 Å². The van der Waals surface area contributed by atoms with E-state index in [9.17, 15) is 12.9 Å². The number of ether oxygens (including phenoxy) is 2. The van der Waals surface area contributed by atoms with Crippen molar-refractivity contribution < 1.29 is 73.8 Å². The molecule has 0 bridgehead atoms. The van der Waals surface area contributed by atoms with Gasteiger partial charge in [-0.3, -0.25) is 0 Å². The summed E-state index contributed by atoms with van der Waals surface area (Å²) in [5, 5.41) is 0. The van der Waals surface area contributed by atoms with Gasteiger partial charge in [0.05, 0.1) is 13.2 Å². The predicted octanol–water partition coefficient (Wildman–Crippen LogP) is -1.11. The predicted molar refractivity (Wildman–Crippen MR) is 41.2 cm³/mol. The van der Waals surface area contributed by atoms with Gasteiger partial charge in [-0.2, -0.15) is 0 Å². The molecule has 0 aliphatic carbocycles. The van der Waals surface area contributed by atoms with Crippen LogP contribution in [0.15, 0.2) is 0 Å². The van der Waals surface area contributed by atoms with Gasteiger partial charge in [-0.15, -0.1) is 0 Å². The Balaban J connectivity index is 0. The molecule has 0 aromatic rings. The molecule has 0 heterocycles. The van der Waals surface area contributed by atoms with Crippen LogP contribution in [0.5, 0.6) is 0 Å². The van der Waals surface area contributed by atoms with Crippen LogP contribution in [-0.2, 0) is 9.47 Å². The van der Waals surface area contributed by atoms with E-state index in [2.05, 4.69) is 4.74 Å². The summed E-state index contributed by atoms with van der Waals surface area (Å²) in [4.78, 5) is 0. The maximum absolute atomic E-state index is 11.6. The standard InChI is InChI=1S/C6H13BF3O2.K/c1-11-5-6-12-4-2-3-7(8,9)10;/h2-6H2,1H3;/q-1;+1. The molecule has 13 heavy (non-hydrogen) atoms. The molecule has 0 rings (SSSR count). The van der Waals surface area contributed by atoms with Gasteiger partial charge < -0.3 is 22.4 Å². The van der Waals surface area contributed by atoms with Gasteiger partial charge in [0.2, 0.25) is 0 Å². The Morgan fingerprint density at radius 2 is 1.69 bits per heavy atom. The minimum Gasteiger partial charge on any atom is -0.449 e. The Hall–Kier alpha value is 1.41. The minimum absolute atomic E-state index is 0. The van der Waals surface area contributed by atoms with Gasteiger partial charge in [0, 0.05) is 13.7 Å². The molecule has 0 saturated carbocycles. The summed E-state index contributed by atoms with van der Waals surface area (Å²) >= 11 is 0. The fraction of sp³-hybridized carbons (Fsp3) is 1.00. The van der Waals surface area contributed by atoms with E-state index in [0.717, 1.165) is 0 Å². The molecule has 0 amide bonds. The van der Waals surface area contributed by atoms with Gasteiger partial charge in [0.1, 0.15) is 0 Å². The van der Waals surface area contributed by atoms with Crippen LogP contribution < -0.4 is 51.4 Å². The number of rotatable bonds is 7. The van der Waals surface area contributed by atoms with Gasteiger partial charge >= 0.3 is 58.4 Å². The van der Waals surface area contributed by atoms with E-state index in [-0.39, 0.29) is 64.4 Å². The van der Waals surface area contributed by atoms with E-state index in [4.69, 9.17) is 4.74 Å². The summed E-state index contributed by atoms with van der Waals surface area (Å²) in [5.74, 6) is 0. The van der Waals surface area contributed by atoms with E-state index in [0.29, 0.717) is 13.2 Å². The van der Waals surface area contributed by atoms with Gasteiger partial charge in [0.25, 0.3) is 0 Å². The quantitative estimate of drug-likeness (QED) is 0.403. The van der Waals surface area contributed by atoms with Crippen molar-refractivity contribution in [3.63, 3.8) is 0 Å². The van der Waals surface area contributed by atoms with E-state index >= 15 is 0 Å². The monoisotopic (exact) mass is 224 g/mol. The summed E-state index contributed by atoms with van der Waals surface area (Å²) in [6, 6.07) is 0. The summed E-state index contributed by atoms with van der Waals surface area (Å²) in [7, 11) is 1.52. The van der Waals surface area contributed by atoms with Crippen molar-refractivity contribution in [3.8, 4) is 0 Å². The molecule has 0 fully saturated rings.